The van der Waals surface area contributed by atoms with Crippen molar-refractivity contribution < 1.29 is 22.8 Å². The molecule has 0 amide bonds. The van der Waals surface area contributed by atoms with Crippen LogP contribution in [-0.2, 0) is 17.6 Å². The molecule has 0 saturated heterocycles. The molecule has 0 spiro atoms. The first kappa shape index (κ1) is 22.1. The summed E-state index contributed by atoms with van der Waals surface area (Å²) in [4.78, 5) is 16.3. The van der Waals surface area contributed by atoms with Crippen LogP contribution in [0.15, 0.2) is 41.6 Å². The van der Waals surface area contributed by atoms with Gasteiger partial charge in [-0.05, 0) is 67.0 Å². The van der Waals surface area contributed by atoms with Crippen molar-refractivity contribution in [2.75, 3.05) is 0 Å². The maximum atomic E-state index is 13.7. The van der Waals surface area contributed by atoms with Crippen LogP contribution in [0.4, 0.5) is 13.2 Å². The third kappa shape index (κ3) is 5.29. The summed E-state index contributed by atoms with van der Waals surface area (Å²) >= 11 is 0. The lowest BCUT2D eigenvalue weighted by molar-refractivity contribution is -0.138. The number of oxime groups is 1. The Morgan fingerprint density at radius 3 is 2.50 bits per heavy atom. The van der Waals surface area contributed by atoms with Crippen LogP contribution in [-0.4, -0.2) is 12.0 Å². The van der Waals surface area contributed by atoms with Crippen LogP contribution in [0, 0.1) is 6.92 Å². The van der Waals surface area contributed by atoms with E-state index >= 15 is 0 Å². The lowest BCUT2D eigenvalue weighted by atomic mass is 9.81. The molecule has 0 atom stereocenters. The van der Waals surface area contributed by atoms with Crippen molar-refractivity contribution in [2.24, 2.45) is 5.16 Å². The highest BCUT2D eigenvalue weighted by Gasteiger charge is 2.35. The first-order valence-electron chi connectivity index (χ1n) is 10.2. The normalized spacial score (nSPS) is 15.8. The zero-order valence-corrected chi connectivity index (χ0v) is 17.3. The minimum absolute atomic E-state index is 0.0248. The second kappa shape index (κ2) is 9.45. The van der Waals surface area contributed by atoms with E-state index in [1.54, 1.807) is 31.2 Å². The molecule has 2 aromatic carbocycles. The summed E-state index contributed by atoms with van der Waals surface area (Å²) in [6.07, 6.45) is 1.08. The van der Waals surface area contributed by atoms with Crippen LogP contribution in [0.5, 0.6) is 0 Å². The highest BCUT2D eigenvalue weighted by atomic mass is 19.4. The molecule has 0 aliphatic heterocycles. The fourth-order valence-electron chi connectivity index (χ4n) is 4.00. The molecule has 3 rings (SSSR count). The van der Waals surface area contributed by atoms with Gasteiger partial charge >= 0.3 is 6.18 Å². The fraction of sp³-hybridized carbons (Fsp3) is 0.417. The van der Waals surface area contributed by atoms with E-state index in [4.69, 9.17) is 4.84 Å². The van der Waals surface area contributed by atoms with E-state index in [-0.39, 0.29) is 12.5 Å². The van der Waals surface area contributed by atoms with Crippen LogP contribution in [0.25, 0.3) is 0 Å². The second-order valence-corrected chi connectivity index (χ2v) is 7.89. The van der Waals surface area contributed by atoms with E-state index in [1.165, 1.54) is 6.07 Å². The van der Waals surface area contributed by atoms with Gasteiger partial charge in [-0.2, -0.15) is 13.2 Å². The van der Waals surface area contributed by atoms with Gasteiger partial charge in [0.15, 0.2) is 0 Å². The maximum Gasteiger partial charge on any atom is 0.416 e. The van der Waals surface area contributed by atoms with Gasteiger partial charge in [-0.25, -0.2) is 0 Å². The molecule has 1 aliphatic carbocycles. The number of alkyl halides is 3. The van der Waals surface area contributed by atoms with Crippen molar-refractivity contribution in [1.82, 2.24) is 0 Å². The Bertz CT molecular complexity index is 929. The first-order valence-corrected chi connectivity index (χ1v) is 10.2. The zero-order valence-electron chi connectivity index (χ0n) is 17.3. The van der Waals surface area contributed by atoms with E-state index < -0.39 is 11.7 Å². The Balaban J connectivity index is 1.74. The number of carbonyl (C=O) groups excluding carboxylic acids is 1. The molecule has 6 heteroatoms. The second-order valence-electron chi connectivity index (χ2n) is 7.89. The van der Waals surface area contributed by atoms with E-state index in [2.05, 4.69) is 5.16 Å². The Morgan fingerprint density at radius 1 is 1.13 bits per heavy atom. The molecule has 1 saturated carbocycles. The summed E-state index contributed by atoms with van der Waals surface area (Å²) in [5, 5.41) is 4.04. The summed E-state index contributed by atoms with van der Waals surface area (Å²) in [5.74, 6) is -0.0248. The smallest absolute Gasteiger partial charge is 0.391 e. The molecular formula is C24H26F3NO2. The van der Waals surface area contributed by atoms with Crippen molar-refractivity contribution in [3.8, 4) is 0 Å². The summed E-state index contributed by atoms with van der Waals surface area (Å²) < 4.78 is 41.0. The number of hydrogen-bond acceptors (Lipinski definition) is 3. The van der Waals surface area contributed by atoms with Gasteiger partial charge in [-0.3, -0.25) is 4.79 Å². The molecule has 1 fully saturated rings. The molecule has 30 heavy (non-hydrogen) atoms. The predicted molar refractivity (Wildman–Crippen MR) is 111 cm³/mol. The molecule has 0 radical (unpaired) electrons. The fourth-order valence-corrected chi connectivity index (χ4v) is 4.00. The Labute approximate surface area is 174 Å². The summed E-state index contributed by atoms with van der Waals surface area (Å²) in [5.41, 5.74) is 3.08. The van der Waals surface area contributed by atoms with E-state index in [0.29, 0.717) is 22.4 Å². The molecule has 0 N–H and O–H groups in total. The molecule has 3 nitrogen and oxygen atoms in total. The van der Waals surface area contributed by atoms with Crippen molar-refractivity contribution >= 4 is 12.0 Å². The average Bonchev–Trinajstić information content (AvgIpc) is 2.73. The van der Waals surface area contributed by atoms with Crippen LogP contribution in [0.2, 0.25) is 0 Å². The number of nitrogens with zero attached hydrogens (tertiary/aromatic N) is 1. The third-order valence-electron chi connectivity index (χ3n) is 5.72. The van der Waals surface area contributed by atoms with Crippen molar-refractivity contribution in [1.29, 1.82) is 0 Å². The molecule has 0 aromatic heterocycles. The third-order valence-corrected chi connectivity index (χ3v) is 5.72. The van der Waals surface area contributed by atoms with Gasteiger partial charge in [-0.15, -0.1) is 0 Å². The number of benzene rings is 2. The van der Waals surface area contributed by atoms with Crippen molar-refractivity contribution in [2.45, 2.75) is 64.7 Å². The van der Waals surface area contributed by atoms with E-state index in [9.17, 15) is 18.0 Å². The summed E-state index contributed by atoms with van der Waals surface area (Å²) in [6.45, 7) is 3.54. The number of rotatable bonds is 6. The molecule has 0 heterocycles. The molecule has 2 aromatic rings. The quantitative estimate of drug-likeness (QED) is 0.294. The Kier molecular flexibility index (Phi) is 6.95. The van der Waals surface area contributed by atoms with Gasteiger partial charge in [-0.1, -0.05) is 48.7 Å². The minimum Gasteiger partial charge on any atom is -0.391 e. The number of carbonyl (C=O) groups is 1. The highest BCUT2D eigenvalue weighted by Crippen LogP contribution is 2.41. The van der Waals surface area contributed by atoms with Gasteiger partial charge in [0.2, 0.25) is 0 Å². The predicted octanol–water partition coefficient (Wildman–Crippen LogP) is 6.81. The van der Waals surface area contributed by atoms with Gasteiger partial charge in [0, 0.05) is 5.56 Å². The molecule has 0 bridgehead atoms. The molecule has 1 aliphatic rings. The average molecular weight is 417 g/mol. The van der Waals surface area contributed by atoms with E-state index in [1.807, 2.05) is 13.0 Å². The highest BCUT2D eigenvalue weighted by molar-refractivity contribution is 5.99. The van der Waals surface area contributed by atoms with Crippen LogP contribution >= 0.6 is 0 Å². The van der Waals surface area contributed by atoms with Gasteiger partial charge in [0.1, 0.15) is 12.9 Å². The number of hydrogen-bond donors (Lipinski definition) is 0. The minimum atomic E-state index is -4.39. The standard InChI is InChI=1S/C24H26F3NO2/c1-16-12-20(9-10-21(16)14-29)17(2)28-30-15-18-8-11-22(19-6-4-3-5-7-19)23(13-18)24(25,26)27/h8-14,19H,3-7,15H2,1-2H3/b28-17+. The summed E-state index contributed by atoms with van der Waals surface area (Å²) in [7, 11) is 0. The molecule has 0 unspecified atom stereocenters. The summed E-state index contributed by atoms with van der Waals surface area (Å²) in [6, 6.07) is 9.79. The number of aldehydes is 1. The first-order chi connectivity index (χ1) is 14.3. The molecule has 160 valence electrons. The van der Waals surface area contributed by atoms with Crippen molar-refractivity contribution in [3.63, 3.8) is 0 Å². The van der Waals surface area contributed by atoms with E-state index in [0.717, 1.165) is 49.5 Å². The Hall–Kier alpha value is -2.63. The van der Waals surface area contributed by atoms with Gasteiger partial charge in [0.05, 0.1) is 11.3 Å². The van der Waals surface area contributed by atoms with Crippen LogP contribution in [0.3, 0.4) is 0 Å². The largest absolute Gasteiger partial charge is 0.416 e. The molecular weight excluding hydrogens is 391 g/mol. The lowest BCUT2D eigenvalue weighted by Crippen LogP contribution is -2.15. The topological polar surface area (TPSA) is 38.7 Å². The van der Waals surface area contributed by atoms with Crippen molar-refractivity contribution in [3.05, 3.63) is 69.8 Å². The van der Waals surface area contributed by atoms with Gasteiger partial charge < -0.3 is 4.84 Å². The maximum absolute atomic E-state index is 13.7. The van der Waals surface area contributed by atoms with Gasteiger partial charge in [0.25, 0.3) is 0 Å². The number of aryl methyl sites for hydroxylation is 1. The van der Waals surface area contributed by atoms with Crippen LogP contribution in [0.1, 0.15) is 83.1 Å². The lowest BCUT2D eigenvalue weighted by Gasteiger charge is -2.25. The number of halogens is 3. The monoisotopic (exact) mass is 417 g/mol. The zero-order chi connectivity index (χ0) is 21.7. The Morgan fingerprint density at radius 2 is 1.87 bits per heavy atom. The van der Waals surface area contributed by atoms with Crippen LogP contribution < -0.4 is 0 Å². The SMILES string of the molecule is C/C(=N\OCc1ccc(C2CCCCC2)c(C(F)(F)F)c1)c1ccc(C=O)c(C)c1.